The average molecular weight is 137 g/mol. The van der Waals surface area contributed by atoms with Crippen molar-refractivity contribution in [2.75, 3.05) is 14.1 Å². The van der Waals surface area contributed by atoms with Crippen LogP contribution in [-0.2, 0) is 4.79 Å². The van der Waals surface area contributed by atoms with Crippen LogP contribution in [0, 0.1) is 0 Å². The van der Waals surface area contributed by atoms with Crippen molar-refractivity contribution in [1.82, 2.24) is 4.90 Å². The van der Waals surface area contributed by atoms with Gasteiger partial charge in [-0.05, 0) is 6.42 Å². The van der Waals surface area contributed by atoms with Crippen LogP contribution in [0.25, 0.3) is 0 Å². The molecule has 2 nitrogen and oxygen atoms in total. The molecule has 0 fully saturated rings. The molecule has 0 spiro atoms. The Labute approximate surface area is 60.8 Å². The fraction of sp³-hybridized carbons (Fsp3) is 0.375. The molecule has 0 bridgehead atoms. The summed E-state index contributed by atoms with van der Waals surface area (Å²) in [7, 11) is 3.53. The van der Waals surface area contributed by atoms with Gasteiger partial charge in [0, 0.05) is 19.7 Å². The Bertz CT molecular complexity index is 201. The maximum atomic E-state index is 11.2. The number of carbonyl (C=O) groups is 1. The summed E-state index contributed by atoms with van der Waals surface area (Å²) in [6.45, 7) is 0. The molecule has 0 aliphatic heterocycles. The molecule has 10 heavy (non-hydrogen) atoms. The Morgan fingerprint density at radius 2 is 2.30 bits per heavy atom. The summed E-state index contributed by atoms with van der Waals surface area (Å²) < 4.78 is 0. The number of likely N-dealkylation sites (N-methyl/N-ethyl adjacent to an activating group) is 1. The van der Waals surface area contributed by atoms with E-state index in [1.54, 1.807) is 19.0 Å². The van der Waals surface area contributed by atoms with E-state index >= 15 is 0 Å². The number of carbonyl (C=O) groups excluding carboxylic acids is 1. The highest BCUT2D eigenvalue weighted by Crippen LogP contribution is 2.11. The monoisotopic (exact) mass is 137 g/mol. The summed E-state index contributed by atoms with van der Waals surface area (Å²) in [6, 6.07) is 0. The lowest BCUT2D eigenvalue weighted by Crippen LogP contribution is -2.22. The van der Waals surface area contributed by atoms with Gasteiger partial charge in [-0.25, -0.2) is 0 Å². The summed E-state index contributed by atoms with van der Waals surface area (Å²) in [5, 5.41) is 0. The number of nitrogens with zero attached hydrogens (tertiary/aromatic N) is 1. The zero-order chi connectivity index (χ0) is 7.56. The van der Waals surface area contributed by atoms with E-state index in [2.05, 4.69) is 0 Å². The van der Waals surface area contributed by atoms with Crippen LogP contribution in [0.15, 0.2) is 23.8 Å². The van der Waals surface area contributed by atoms with Crippen molar-refractivity contribution in [2.24, 2.45) is 0 Å². The van der Waals surface area contributed by atoms with Crippen molar-refractivity contribution in [1.29, 1.82) is 0 Å². The van der Waals surface area contributed by atoms with Gasteiger partial charge in [0.1, 0.15) is 0 Å². The van der Waals surface area contributed by atoms with Gasteiger partial charge in [-0.3, -0.25) is 4.79 Å². The third kappa shape index (κ3) is 1.26. The zero-order valence-corrected chi connectivity index (χ0v) is 6.29. The molecule has 1 aliphatic carbocycles. The molecule has 0 aromatic heterocycles. The maximum absolute atomic E-state index is 11.2. The van der Waals surface area contributed by atoms with Crippen molar-refractivity contribution in [3.63, 3.8) is 0 Å². The highest BCUT2D eigenvalue weighted by Gasteiger charge is 2.10. The molecule has 1 rings (SSSR count). The molecule has 0 N–H and O–H groups in total. The van der Waals surface area contributed by atoms with Gasteiger partial charge in [-0.15, -0.1) is 0 Å². The highest BCUT2D eigenvalue weighted by atomic mass is 16.2. The number of hydrogen-bond donors (Lipinski definition) is 0. The normalized spacial score (nSPS) is 15.2. The van der Waals surface area contributed by atoms with Gasteiger partial charge < -0.3 is 4.90 Å². The first kappa shape index (κ1) is 7.06. The van der Waals surface area contributed by atoms with Crippen LogP contribution in [0.1, 0.15) is 6.42 Å². The minimum atomic E-state index is 0.116. The van der Waals surface area contributed by atoms with E-state index in [1.807, 2.05) is 18.2 Å². The Morgan fingerprint density at radius 1 is 1.60 bits per heavy atom. The number of allylic oxidation sites excluding steroid dienone is 3. The van der Waals surface area contributed by atoms with Gasteiger partial charge in [0.2, 0.25) is 5.91 Å². The topological polar surface area (TPSA) is 20.3 Å². The Hall–Kier alpha value is -1.05. The van der Waals surface area contributed by atoms with Crippen LogP contribution in [0.2, 0.25) is 0 Å². The van der Waals surface area contributed by atoms with E-state index in [1.165, 1.54) is 0 Å². The van der Waals surface area contributed by atoms with Crippen molar-refractivity contribution >= 4 is 5.91 Å². The van der Waals surface area contributed by atoms with Crippen LogP contribution in [0.5, 0.6) is 0 Å². The lowest BCUT2D eigenvalue weighted by Gasteiger charge is -2.09. The standard InChI is InChI=1S/C8H11NO/c1-9(2)8(10)7-5-3-4-6-7/h3-5H,6H2,1-2H3. The Balaban J connectivity index is 2.59. The molecule has 1 amide bonds. The molecular formula is C8H11NO. The number of rotatable bonds is 1. The summed E-state index contributed by atoms with van der Waals surface area (Å²) in [5.74, 6) is 0.116. The first-order valence-corrected chi connectivity index (χ1v) is 3.29. The molecule has 1 aliphatic rings. The first-order chi connectivity index (χ1) is 4.72. The third-order valence-corrected chi connectivity index (χ3v) is 1.45. The smallest absolute Gasteiger partial charge is 0.249 e. The molecular weight excluding hydrogens is 126 g/mol. The average Bonchev–Trinajstić information content (AvgIpc) is 2.36. The van der Waals surface area contributed by atoms with E-state index in [0.29, 0.717) is 0 Å². The van der Waals surface area contributed by atoms with E-state index < -0.39 is 0 Å². The Kier molecular flexibility index (Phi) is 1.90. The van der Waals surface area contributed by atoms with Gasteiger partial charge in [-0.2, -0.15) is 0 Å². The fourth-order valence-electron chi connectivity index (χ4n) is 0.893. The minimum absolute atomic E-state index is 0.116. The Morgan fingerprint density at radius 3 is 2.70 bits per heavy atom. The lowest BCUT2D eigenvalue weighted by atomic mass is 10.2. The molecule has 0 radical (unpaired) electrons. The molecule has 2 heteroatoms. The van der Waals surface area contributed by atoms with E-state index in [9.17, 15) is 4.79 Å². The molecule has 0 aromatic rings. The SMILES string of the molecule is CN(C)C(=O)C1=CC=CC1. The summed E-state index contributed by atoms with van der Waals surface area (Å²) >= 11 is 0. The lowest BCUT2D eigenvalue weighted by molar-refractivity contribution is -0.124. The van der Waals surface area contributed by atoms with Crippen LogP contribution >= 0.6 is 0 Å². The minimum Gasteiger partial charge on any atom is -0.345 e. The van der Waals surface area contributed by atoms with Crippen molar-refractivity contribution < 1.29 is 4.79 Å². The number of amides is 1. The first-order valence-electron chi connectivity index (χ1n) is 3.29. The largest absolute Gasteiger partial charge is 0.345 e. The summed E-state index contributed by atoms with van der Waals surface area (Å²) in [4.78, 5) is 12.8. The molecule has 0 aromatic carbocycles. The van der Waals surface area contributed by atoms with Crippen LogP contribution in [0.4, 0.5) is 0 Å². The van der Waals surface area contributed by atoms with Gasteiger partial charge >= 0.3 is 0 Å². The van der Waals surface area contributed by atoms with Crippen LogP contribution in [-0.4, -0.2) is 24.9 Å². The molecule has 0 atom stereocenters. The predicted octanol–water partition coefficient (Wildman–Crippen LogP) is 0.961. The summed E-state index contributed by atoms with van der Waals surface area (Å²) in [6.07, 6.45) is 6.55. The van der Waals surface area contributed by atoms with Gasteiger partial charge in [-0.1, -0.05) is 18.2 Å². The fourth-order valence-corrected chi connectivity index (χ4v) is 0.893. The zero-order valence-electron chi connectivity index (χ0n) is 6.29. The summed E-state index contributed by atoms with van der Waals surface area (Å²) in [5.41, 5.74) is 0.880. The molecule has 0 saturated carbocycles. The quantitative estimate of drug-likeness (QED) is 0.527. The van der Waals surface area contributed by atoms with Crippen LogP contribution in [0.3, 0.4) is 0 Å². The second-order valence-electron chi connectivity index (χ2n) is 2.52. The van der Waals surface area contributed by atoms with Gasteiger partial charge in [0.15, 0.2) is 0 Å². The third-order valence-electron chi connectivity index (χ3n) is 1.45. The van der Waals surface area contributed by atoms with Gasteiger partial charge in [0.25, 0.3) is 0 Å². The number of hydrogen-bond acceptors (Lipinski definition) is 1. The van der Waals surface area contributed by atoms with E-state index in [-0.39, 0.29) is 5.91 Å². The van der Waals surface area contributed by atoms with E-state index in [4.69, 9.17) is 0 Å². The van der Waals surface area contributed by atoms with Crippen molar-refractivity contribution in [3.05, 3.63) is 23.8 Å². The molecule has 0 saturated heterocycles. The van der Waals surface area contributed by atoms with Crippen LogP contribution < -0.4 is 0 Å². The second-order valence-corrected chi connectivity index (χ2v) is 2.52. The molecule has 0 unspecified atom stereocenters. The van der Waals surface area contributed by atoms with Crippen molar-refractivity contribution in [2.45, 2.75) is 6.42 Å². The predicted molar refractivity (Wildman–Crippen MR) is 40.5 cm³/mol. The highest BCUT2D eigenvalue weighted by molar-refractivity contribution is 5.94. The molecule has 0 heterocycles. The van der Waals surface area contributed by atoms with E-state index in [0.717, 1.165) is 12.0 Å². The van der Waals surface area contributed by atoms with Gasteiger partial charge in [0.05, 0.1) is 0 Å². The second kappa shape index (κ2) is 2.69. The maximum Gasteiger partial charge on any atom is 0.249 e. The molecule has 54 valence electrons. The van der Waals surface area contributed by atoms with Crippen molar-refractivity contribution in [3.8, 4) is 0 Å².